The molecule has 12 heavy (non-hydrogen) atoms. The molecule has 0 N–H and O–H groups in total. The van der Waals surface area contributed by atoms with Gasteiger partial charge in [0.2, 0.25) is 0 Å². The molecule has 1 saturated carbocycles. The van der Waals surface area contributed by atoms with E-state index in [2.05, 4.69) is 25.9 Å². The van der Waals surface area contributed by atoms with E-state index >= 15 is 0 Å². The molecule has 1 fully saturated rings. The Morgan fingerprint density at radius 1 is 1.33 bits per heavy atom. The van der Waals surface area contributed by atoms with Crippen LogP contribution in [0.2, 0.25) is 0 Å². The van der Waals surface area contributed by atoms with E-state index in [1.807, 2.05) is 0 Å². The van der Waals surface area contributed by atoms with E-state index in [0.717, 1.165) is 12.6 Å². The van der Waals surface area contributed by atoms with Gasteiger partial charge >= 0.3 is 0 Å². The molecule has 1 rings (SSSR count). The van der Waals surface area contributed by atoms with Crippen molar-refractivity contribution in [2.45, 2.75) is 44.8 Å². The molecule has 72 valence electrons. The van der Waals surface area contributed by atoms with Crippen LogP contribution < -0.4 is 0 Å². The van der Waals surface area contributed by atoms with Crippen molar-refractivity contribution >= 4 is 0 Å². The molecule has 2 heteroatoms. The van der Waals surface area contributed by atoms with Crippen LogP contribution in [-0.2, 0) is 4.74 Å². The summed E-state index contributed by atoms with van der Waals surface area (Å²) in [6.45, 7) is 2.95. The standard InChI is InChI=1S/C10H21NO/c1-4-12-10-7-5-6-9(8-10)11(2)3/h9-10H,4-8H2,1-3H3. The highest BCUT2D eigenvalue weighted by atomic mass is 16.5. The second kappa shape index (κ2) is 4.83. The van der Waals surface area contributed by atoms with Crippen LogP contribution in [-0.4, -0.2) is 37.7 Å². The highest BCUT2D eigenvalue weighted by molar-refractivity contribution is 4.77. The van der Waals surface area contributed by atoms with Gasteiger partial charge in [-0.3, -0.25) is 0 Å². The third kappa shape index (κ3) is 2.76. The van der Waals surface area contributed by atoms with Crippen molar-refractivity contribution in [1.29, 1.82) is 0 Å². The van der Waals surface area contributed by atoms with Crippen LogP contribution in [0.25, 0.3) is 0 Å². The summed E-state index contributed by atoms with van der Waals surface area (Å²) in [7, 11) is 4.33. The van der Waals surface area contributed by atoms with Gasteiger partial charge in [0, 0.05) is 12.6 Å². The Hall–Kier alpha value is -0.0800. The summed E-state index contributed by atoms with van der Waals surface area (Å²) in [4.78, 5) is 2.32. The number of rotatable bonds is 3. The molecule has 0 aromatic heterocycles. The summed E-state index contributed by atoms with van der Waals surface area (Å²) >= 11 is 0. The molecular weight excluding hydrogens is 150 g/mol. The summed E-state index contributed by atoms with van der Waals surface area (Å²) in [5.74, 6) is 0. The van der Waals surface area contributed by atoms with E-state index in [-0.39, 0.29) is 0 Å². The maximum absolute atomic E-state index is 5.64. The van der Waals surface area contributed by atoms with Crippen molar-refractivity contribution in [2.24, 2.45) is 0 Å². The molecule has 0 bridgehead atoms. The van der Waals surface area contributed by atoms with Crippen LogP contribution in [0.3, 0.4) is 0 Å². The zero-order valence-electron chi connectivity index (χ0n) is 8.55. The Balaban J connectivity index is 2.30. The first-order valence-corrected chi connectivity index (χ1v) is 5.02. The van der Waals surface area contributed by atoms with Gasteiger partial charge < -0.3 is 9.64 Å². The Kier molecular flexibility index (Phi) is 4.02. The molecule has 0 amide bonds. The molecular formula is C10H21NO. The molecule has 2 nitrogen and oxygen atoms in total. The first-order valence-electron chi connectivity index (χ1n) is 5.02. The van der Waals surface area contributed by atoms with Gasteiger partial charge in [-0.15, -0.1) is 0 Å². The van der Waals surface area contributed by atoms with Crippen LogP contribution in [0.5, 0.6) is 0 Å². The lowest BCUT2D eigenvalue weighted by Gasteiger charge is -2.33. The zero-order valence-corrected chi connectivity index (χ0v) is 8.55. The monoisotopic (exact) mass is 171 g/mol. The molecule has 1 aliphatic carbocycles. The van der Waals surface area contributed by atoms with Crippen molar-refractivity contribution in [3.05, 3.63) is 0 Å². The molecule has 0 spiro atoms. The SMILES string of the molecule is CCOC1CCCC(N(C)C)C1. The number of hydrogen-bond donors (Lipinski definition) is 0. The van der Waals surface area contributed by atoms with Crippen LogP contribution >= 0.6 is 0 Å². The van der Waals surface area contributed by atoms with Gasteiger partial charge in [0.15, 0.2) is 0 Å². The van der Waals surface area contributed by atoms with Crippen LogP contribution in [0.1, 0.15) is 32.6 Å². The van der Waals surface area contributed by atoms with Gasteiger partial charge in [0.05, 0.1) is 6.10 Å². The van der Waals surface area contributed by atoms with Crippen molar-refractivity contribution < 1.29 is 4.74 Å². The average Bonchev–Trinajstić information content (AvgIpc) is 2.05. The van der Waals surface area contributed by atoms with E-state index < -0.39 is 0 Å². The predicted molar refractivity (Wildman–Crippen MR) is 51.4 cm³/mol. The molecule has 0 aromatic rings. The minimum Gasteiger partial charge on any atom is -0.378 e. The Labute approximate surface area is 75.9 Å². The first-order chi connectivity index (χ1) is 5.74. The lowest BCUT2D eigenvalue weighted by molar-refractivity contribution is 0.0131. The molecule has 1 aliphatic rings. The lowest BCUT2D eigenvalue weighted by Crippen LogP contribution is -2.36. The maximum Gasteiger partial charge on any atom is 0.0589 e. The van der Waals surface area contributed by atoms with Gasteiger partial charge in [-0.1, -0.05) is 0 Å². The van der Waals surface area contributed by atoms with E-state index in [0.29, 0.717) is 6.10 Å². The van der Waals surface area contributed by atoms with Crippen molar-refractivity contribution in [2.75, 3.05) is 20.7 Å². The highest BCUT2D eigenvalue weighted by Gasteiger charge is 2.22. The second-order valence-corrected chi connectivity index (χ2v) is 3.86. The number of ether oxygens (including phenoxy) is 1. The highest BCUT2D eigenvalue weighted by Crippen LogP contribution is 2.23. The Morgan fingerprint density at radius 2 is 2.08 bits per heavy atom. The normalized spacial score (nSPS) is 31.0. The van der Waals surface area contributed by atoms with E-state index in [1.54, 1.807) is 0 Å². The number of nitrogens with zero attached hydrogens (tertiary/aromatic N) is 1. The minimum atomic E-state index is 0.524. The summed E-state index contributed by atoms with van der Waals surface area (Å²) in [5, 5.41) is 0. The fourth-order valence-electron chi connectivity index (χ4n) is 1.98. The molecule has 0 heterocycles. The fourth-order valence-corrected chi connectivity index (χ4v) is 1.98. The molecule has 0 saturated heterocycles. The molecule has 0 aromatic carbocycles. The van der Waals surface area contributed by atoms with Gasteiger partial charge in [-0.2, -0.15) is 0 Å². The van der Waals surface area contributed by atoms with Crippen molar-refractivity contribution in [1.82, 2.24) is 4.90 Å². The maximum atomic E-state index is 5.64. The quantitative estimate of drug-likeness (QED) is 0.643. The average molecular weight is 171 g/mol. The summed E-state index contributed by atoms with van der Waals surface area (Å²) in [6, 6.07) is 0.746. The lowest BCUT2D eigenvalue weighted by atomic mass is 9.92. The third-order valence-electron chi connectivity index (χ3n) is 2.73. The van der Waals surface area contributed by atoms with Crippen molar-refractivity contribution in [3.63, 3.8) is 0 Å². The molecule has 0 aliphatic heterocycles. The van der Waals surface area contributed by atoms with Gasteiger partial charge in [0.25, 0.3) is 0 Å². The fraction of sp³-hybridized carbons (Fsp3) is 1.00. The molecule has 2 atom stereocenters. The van der Waals surface area contributed by atoms with E-state index in [9.17, 15) is 0 Å². The van der Waals surface area contributed by atoms with Gasteiger partial charge in [0.1, 0.15) is 0 Å². The zero-order chi connectivity index (χ0) is 8.97. The largest absolute Gasteiger partial charge is 0.378 e. The Bertz CT molecular complexity index is 123. The first kappa shape index (κ1) is 10.0. The molecule has 2 unspecified atom stereocenters. The van der Waals surface area contributed by atoms with Crippen LogP contribution in [0, 0.1) is 0 Å². The van der Waals surface area contributed by atoms with Gasteiger partial charge in [-0.05, 0) is 46.7 Å². The summed E-state index contributed by atoms with van der Waals surface area (Å²) in [6.07, 6.45) is 5.68. The third-order valence-corrected chi connectivity index (χ3v) is 2.73. The van der Waals surface area contributed by atoms with Crippen molar-refractivity contribution in [3.8, 4) is 0 Å². The number of hydrogen-bond acceptors (Lipinski definition) is 2. The van der Waals surface area contributed by atoms with Crippen LogP contribution in [0.15, 0.2) is 0 Å². The molecule has 0 radical (unpaired) electrons. The summed E-state index contributed by atoms with van der Waals surface area (Å²) < 4.78 is 5.64. The Morgan fingerprint density at radius 3 is 2.67 bits per heavy atom. The van der Waals surface area contributed by atoms with Crippen LogP contribution in [0.4, 0.5) is 0 Å². The minimum absolute atomic E-state index is 0.524. The van der Waals surface area contributed by atoms with E-state index in [4.69, 9.17) is 4.74 Å². The predicted octanol–water partition coefficient (Wildman–Crippen LogP) is 1.90. The van der Waals surface area contributed by atoms with Gasteiger partial charge in [-0.25, -0.2) is 0 Å². The second-order valence-electron chi connectivity index (χ2n) is 3.86. The van der Waals surface area contributed by atoms with E-state index in [1.165, 1.54) is 25.7 Å². The topological polar surface area (TPSA) is 12.5 Å². The smallest absolute Gasteiger partial charge is 0.0589 e. The summed E-state index contributed by atoms with van der Waals surface area (Å²) in [5.41, 5.74) is 0.